The van der Waals surface area contributed by atoms with Crippen LogP contribution in [0, 0.1) is 0 Å². The van der Waals surface area contributed by atoms with Crippen LogP contribution in [-0.2, 0) is 34.4 Å². The normalized spacial score (nSPS) is 11.9. The molecular formula is C33H54N4O4. The minimum absolute atomic E-state index is 0.00487. The van der Waals surface area contributed by atoms with Crippen molar-refractivity contribution in [2.75, 3.05) is 13.1 Å². The molecule has 0 atom stereocenters. The first-order chi connectivity index (χ1) is 19.3. The van der Waals surface area contributed by atoms with Crippen LogP contribution in [0.4, 0.5) is 0 Å². The van der Waals surface area contributed by atoms with Crippen LogP contribution in [0.25, 0.3) is 0 Å². The minimum Gasteiger partial charge on any atom is -0.550 e. The Balaban J connectivity index is 0.00000373. The van der Waals surface area contributed by atoms with E-state index in [1.54, 1.807) is 6.08 Å². The van der Waals surface area contributed by atoms with Crippen LogP contribution in [0.1, 0.15) is 99.1 Å². The highest BCUT2D eigenvalue weighted by atomic mass is 16.4. The van der Waals surface area contributed by atoms with E-state index in [0.717, 1.165) is 70.4 Å². The molecular weight excluding hydrogens is 516 g/mol. The number of rotatable bonds is 17. The van der Waals surface area contributed by atoms with Gasteiger partial charge in [-0.05, 0) is 80.1 Å². The fourth-order valence-corrected chi connectivity index (χ4v) is 4.05. The lowest BCUT2D eigenvalue weighted by molar-refractivity contribution is -0.696. The van der Waals surface area contributed by atoms with Crippen LogP contribution in [-0.4, -0.2) is 35.4 Å². The molecule has 1 rings (SSSR count). The van der Waals surface area contributed by atoms with Crippen LogP contribution in [0.3, 0.4) is 0 Å². The number of nitrogens with one attached hydrogen (secondary N) is 2. The van der Waals surface area contributed by atoms with E-state index >= 15 is 0 Å². The van der Waals surface area contributed by atoms with Gasteiger partial charge in [0, 0.05) is 44.9 Å². The van der Waals surface area contributed by atoms with Crippen molar-refractivity contribution in [1.82, 2.24) is 15.2 Å². The molecule has 0 saturated carbocycles. The van der Waals surface area contributed by atoms with E-state index in [9.17, 15) is 9.59 Å². The first kappa shape index (κ1) is 37.6. The van der Waals surface area contributed by atoms with Crippen molar-refractivity contribution in [2.24, 2.45) is 7.05 Å². The van der Waals surface area contributed by atoms with Gasteiger partial charge in [0.05, 0.1) is 13.6 Å². The molecule has 0 radical (unpaired) electrons. The number of imidazole rings is 1. The van der Waals surface area contributed by atoms with Gasteiger partial charge in [-0.25, -0.2) is 9.13 Å². The Labute approximate surface area is 248 Å². The summed E-state index contributed by atoms with van der Waals surface area (Å²) in [4.78, 5) is 32.2. The van der Waals surface area contributed by atoms with Gasteiger partial charge >= 0.3 is 0 Å². The third kappa shape index (κ3) is 23.0. The summed E-state index contributed by atoms with van der Waals surface area (Å²) >= 11 is 0. The number of carbonyl (C=O) groups is 3. The molecule has 0 saturated heterocycles. The highest BCUT2D eigenvalue weighted by molar-refractivity contribution is 5.88. The van der Waals surface area contributed by atoms with Gasteiger partial charge in [0.25, 0.3) is 0 Å². The average Bonchev–Trinajstić information content (AvgIpc) is 3.20. The van der Waals surface area contributed by atoms with Crippen LogP contribution in [0.2, 0.25) is 0 Å². The lowest BCUT2D eigenvalue weighted by Crippen LogP contribution is -2.33. The number of aliphatic carboxylic acids is 1. The molecule has 8 heteroatoms. The third-order valence-corrected chi connectivity index (χ3v) is 6.27. The van der Waals surface area contributed by atoms with Gasteiger partial charge in [-0.1, -0.05) is 40.5 Å². The summed E-state index contributed by atoms with van der Waals surface area (Å²) in [6, 6.07) is 0. The number of allylic oxidation sites excluding steroid dienone is 7. The Morgan fingerprint density at radius 3 is 1.90 bits per heavy atom. The Bertz CT molecular complexity index is 1070. The SMILES string of the molecule is CC(=O)NCCC[n+]1cc(CCNC(=O)/C=C(\C)CC/C=C(\C)CC/C=C(\C)CCC=C(C)C)n(C)c1.CC(=O)[O-]. The maximum absolute atomic E-state index is 12.3. The summed E-state index contributed by atoms with van der Waals surface area (Å²) < 4.78 is 4.21. The van der Waals surface area contributed by atoms with Gasteiger partial charge in [0.2, 0.25) is 18.1 Å². The molecule has 0 bridgehead atoms. The lowest BCUT2D eigenvalue weighted by atomic mass is 10.0. The second-order valence-electron chi connectivity index (χ2n) is 10.9. The average molecular weight is 571 g/mol. The minimum atomic E-state index is -1.08. The summed E-state index contributed by atoms with van der Waals surface area (Å²) in [7, 11) is 2.02. The molecule has 2 amide bonds. The molecule has 8 nitrogen and oxygen atoms in total. The van der Waals surface area contributed by atoms with Crippen LogP contribution < -0.4 is 20.3 Å². The Morgan fingerprint density at radius 2 is 1.37 bits per heavy atom. The van der Waals surface area contributed by atoms with E-state index < -0.39 is 5.97 Å². The van der Waals surface area contributed by atoms with Crippen molar-refractivity contribution in [1.29, 1.82) is 0 Å². The zero-order valence-corrected chi connectivity index (χ0v) is 26.8. The van der Waals surface area contributed by atoms with Crippen molar-refractivity contribution in [3.63, 3.8) is 0 Å². The van der Waals surface area contributed by atoms with Crippen molar-refractivity contribution in [3.8, 4) is 0 Å². The molecule has 230 valence electrons. The molecule has 0 unspecified atom stereocenters. The second-order valence-corrected chi connectivity index (χ2v) is 10.9. The van der Waals surface area contributed by atoms with Crippen LogP contribution in [0.15, 0.2) is 59.1 Å². The molecule has 1 aromatic heterocycles. The van der Waals surface area contributed by atoms with Gasteiger partial charge in [0.1, 0.15) is 11.9 Å². The van der Waals surface area contributed by atoms with Crippen molar-refractivity contribution in [2.45, 2.75) is 106 Å². The Kier molecular flexibility index (Phi) is 20.4. The monoisotopic (exact) mass is 570 g/mol. The molecule has 0 aromatic carbocycles. The number of aromatic nitrogens is 2. The largest absolute Gasteiger partial charge is 0.550 e. The smallest absolute Gasteiger partial charge is 0.243 e. The quantitative estimate of drug-likeness (QED) is 0.125. The molecule has 0 aliphatic carbocycles. The molecule has 0 aliphatic rings. The van der Waals surface area contributed by atoms with Crippen LogP contribution in [0.5, 0.6) is 0 Å². The number of hydrogen-bond donors (Lipinski definition) is 2. The fourth-order valence-electron chi connectivity index (χ4n) is 4.05. The highest BCUT2D eigenvalue weighted by Gasteiger charge is 2.10. The zero-order chi connectivity index (χ0) is 31.2. The molecule has 1 heterocycles. The second kappa shape index (κ2) is 22.3. The Morgan fingerprint density at radius 1 is 0.829 bits per heavy atom. The maximum atomic E-state index is 12.3. The first-order valence-electron chi connectivity index (χ1n) is 14.7. The van der Waals surface area contributed by atoms with Gasteiger partial charge in [0.15, 0.2) is 0 Å². The molecule has 0 fully saturated rings. The van der Waals surface area contributed by atoms with E-state index in [2.05, 4.69) is 71.9 Å². The van der Waals surface area contributed by atoms with E-state index in [-0.39, 0.29) is 11.8 Å². The van der Waals surface area contributed by atoms with E-state index in [1.807, 2.05) is 20.3 Å². The van der Waals surface area contributed by atoms with Crippen molar-refractivity contribution < 1.29 is 24.1 Å². The summed E-state index contributed by atoms with van der Waals surface area (Å²) in [6.07, 6.45) is 20.9. The van der Waals surface area contributed by atoms with Crippen LogP contribution >= 0.6 is 0 Å². The number of carboxylic acids is 1. The predicted molar refractivity (Wildman–Crippen MR) is 165 cm³/mol. The summed E-state index contributed by atoms with van der Waals surface area (Å²) in [5, 5.41) is 14.7. The zero-order valence-electron chi connectivity index (χ0n) is 26.8. The third-order valence-electron chi connectivity index (χ3n) is 6.27. The predicted octanol–water partition coefficient (Wildman–Crippen LogP) is 4.40. The summed E-state index contributed by atoms with van der Waals surface area (Å²) in [6.45, 7) is 15.4. The standard InChI is InChI=1S/C31H50N4O2.C2H4O2/c1-25(2)12-8-13-26(3)14-9-15-27(4)16-10-17-28(5)22-31(37)33-20-18-30-23-35(24-34(30)7)21-11-19-32-29(6)36;1-2(3)4/h12,14,16,22-24H,8-11,13,15,17-21H2,1-7H3,(H-,32,33,36,37);1H3,(H,3,4)/b26-14+,27-16+,28-22+;. The van der Waals surface area contributed by atoms with E-state index in [1.165, 1.54) is 29.3 Å². The maximum Gasteiger partial charge on any atom is 0.243 e. The first-order valence-corrected chi connectivity index (χ1v) is 14.7. The number of carboxylic acid groups (broad SMARTS) is 1. The molecule has 0 spiro atoms. The highest BCUT2D eigenvalue weighted by Crippen LogP contribution is 2.13. The topological polar surface area (TPSA) is 107 Å². The van der Waals surface area contributed by atoms with Gasteiger partial charge in [-0.3, -0.25) is 9.59 Å². The number of carbonyl (C=O) groups excluding carboxylic acids is 3. The summed E-state index contributed by atoms with van der Waals surface area (Å²) in [5.74, 6) is -1.10. The lowest BCUT2D eigenvalue weighted by Gasteiger charge is -2.04. The number of nitrogens with zero attached hydrogens (tertiary/aromatic N) is 2. The fraction of sp³-hybridized carbons (Fsp3) is 0.576. The number of aryl methyl sites for hydroxylation is 2. The molecule has 2 N–H and O–H groups in total. The summed E-state index contributed by atoms with van der Waals surface area (Å²) in [5.41, 5.74) is 6.55. The van der Waals surface area contributed by atoms with E-state index in [0.29, 0.717) is 13.1 Å². The Hall–Kier alpha value is -3.42. The van der Waals surface area contributed by atoms with E-state index in [4.69, 9.17) is 9.90 Å². The molecule has 1 aromatic rings. The molecule has 0 aliphatic heterocycles. The van der Waals surface area contributed by atoms with Gasteiger partial charge in [-0.2, -0.15) is 0 Å². The van der Waals surface area contributed by atoms with Crippen molar-refractivity contribution in [3.05, 3.63) is 64.8 Å². The van der Waals surface area contributed by atoms with Gasteiger partial charge < -0.3 is 20.5 Å². The number of hydrogen-bond acceptors (Lipinski definition) is 4. The number of amides is 2. The van der Waals surface area contributed by atoms with Crippen molar-refractivity contribution >= 4 is 17.8 Å². The van der Waals surface area contributed by atoms with Gasteiger partial charge in [-0.15, -0.1) is 0 Å². The molecule has 41 heavy (non-hydrogen) atoms.